The molecule has 0 unspecified atom stereocenters. The maximum Gasteiger partial charge on any atom is 0.303 e. The molecule has 0 amide bonds. The third-order valence-electron chi connectivity index (χ3n) is 2.79. The molecular formula is C14H18O3. The molecule has 17 heavy (non-hydrogen) atoms. The Morgan fingerprint density at radius 3 is 2.29 bits per heavy atom. The minimum Gasteiger partial charge on any atom is -0.451 e. The fraction of sp³-hybridized carbons (Fsp3) is 0.429. The first-order chi connectivity index (χ1) is 7.75. The van der Waals surface area contributed by atoms with Crippen LogP contribution >= 0.6 is 0 Å². The van der Waals surface area contributed by atoms with Gasteiger partial charge in [0.15, 0.2) is 5.60 Å². The molecule has 0 saturated heterocycles. The van der Waals surface area contributed by atoms with Crippen molar-refractivity contribution in [3.8, 4) is 0 Å². The lowest BCUT2D eigenvalue weighted by Gasteiger charge is -2.24. The predicted octanol–water partition coefficient (Wildman–Crippen LogP) is 2.83. The van der Waals surface area contributed by atoms with E-state index in [4.69, 9.17) is 4.74 Å². The van der Waals surface area contributed by atoms with Crippen molar-refractivity contribution in [2.24, 2.45) is 0 Å². The molecule has 0 bridgehead atoms. The van der Waals surface area contributed by atoms with Gasteiger partial charge in [-0.25, -0.2) is 0 Å². The van der Waals surface area contributed by atoms with Crippen LogP contribution in [-0.2, 0) is 9.53 Å². The molecule has 92 valence electrons. The Kier molecular flexibility index (Phi) is 3.71. The van der Waals surface area contributed by atoms with E-state index in [1.54, 1.807) is 19.9 Å². The van der Waals surface area contributed by atoms with Crippen LogP contribution in [0.3, 0.4) is 0 Å². The van der Waals surface area contributed by atoms with Crippen molar-refractivity contribution in [1.82, 2.24) is 0 Å². The van der Waals surface area contributed by atoms with Crippen LogP contribution in [-0.4, -0.2) is 17.4 Å². The molecule has 0 saturated carbocycles. The van der Waals surface area contributed by atoms with Crippen molar-refractivity contribution in [3.05, 3.63) is 34.9 Å². The Labute approximate surface area is 102 Å². The van der Waals surface area contributed by atoms with E-state index in [1.165, 1.54) is 6.92 Å². The second kappa shape index (κ2) is 4.70. The van der Waals surface area contributed by atoms with Crippen LogP contribution in [0.5, 0.6) is 0 Å². The molecule has 0 aromatic heterocycles. The summed E-state index contributed by atoms with van der Waals surface area (Å²) in [6.45, 7) is 8.37. The van der Waals surface area contributed by atoms with E-state index >= 15 is 0 Å². The van der Waals surface area contributed by atoms with E-state index < -0.39 is 11.6 Å². The number of rotatable bonds is 3. The Morgan fingerprint density at radius 1 is 1.18 bits per heavy atom. The fourth-order valence-corrected chi connectivity index (χ4v) is 1.73. The summed E-state index contributed by atoms with van der Waals surface area (Å²) in [5.74, 6) is -0.623. The Bertz CT molecular complexity index is 459. The van der Waals surface area contributed by atoms with Crippen LogP contribution in [0, 0.1) is 13.8 Å². The zero-order chi connectivity index (χ0) is 13.2. The van der Waals surface area contributed by atoms with Crippen LogP contribution in [0.1, 0.15) is 42.3 Å². The maximum absolute atomic E-state index is 12.3. The summed E-state index contributed by atoms with van der Waals surface area (Å²) in [4.78, 5) is 23.3. The summed E-state index contributed by atoms with van der Waals surface area (Å²) in [7, 11) is 0. The van der Waals surface area contributed by atoms with Gasteiger partial charge in [-0.15, -0.1) is 0 Å². The summed E-state index contributed by atoms with van der Waals surface area (Å²) in [6, 6.07) is 5.54. The van der Waals surface area contributed by atoms with Gasteiger partial charge in [-0.3, -0.25) is 9.59 Å². The predicted molar refractivity (Wildman–Crippen MR) is 66.1 cm³/mol. The molecule has 1 aromatic carbocycles. The van der Waals surface area contributed by atoms with Crippen molar-refractivity contribution < 1.29 is 14.3 Å². The van der Waals surface area contributed by atoms with Crippen LogP contribution in [0.2, 0.25) is 0 Å². The number of hydrogen-bond donors (Lipinski definition) is 0. The van der Waals surface area contributed by atoms with Crippen molar-refractivity contribution in [1.29, 1.82) is 0 Å². The highest BCUT2D eigenvalue weighted by Crippen LogP contribution is 2.21. The highest BCUT2D eigenvalue weighted by molar-refractivity contribution is 6.04. The molecule has 3 nitrogen and oxygen atoms in total. The molecule has 1 aromatic rings. The number of ketones is 1. The number of carbonyl (C=O) groups excluding carboxylic acids is 2. The molecule has 0 aliphatic rings. The number of carbonyl (C=O) groups is 2. The molecule has 0 N–H and O–H groups in total. The molecule has 0 spiro atoms. The third-order valence-corrected chi connectivity index (χ3v) is 2.79. The molecule has 0 atom stereocenters. The second-order valence-corrected chi connectivity index (χ2v) is 4.68. The average molecular weight is 234 g/mol. The molecule has 0 aliphatic heterocycles. The summed E-state index contributed by atoms with van der Waals surface area (Å²) in [5, 5.41) is 0. The molecule has 0 fully saturated rings. The summed E-state index contributed by atoms with van der Waals surface area (Å²) >= 11 is 0. The van der Waals surface area contributed by atoms with Gasteiger partial charge in [-0.1, -0.05) is 18.2 Å². The quantitative estimate of drug-likeness (QED) is 0.596. The minimum absolute atomic E-state index is 0.172. The van der Waals surface area contributed by atoms with Gasteiger partial charge < -0.3 is 4.74 Å². The number of ether oxygens (including phenoxy) is 1. The highest BCUT2D eigenvalue weighted by atomic mass is 16.6. The fourth-order valence-electron chi connectivity index (χ4n) is 1.73. The highest BCUT2D eigenvalue weighted by Gasteiger charge is 2.32. The van der Waals surface area contributed by atoms with Gasteiger partial charge in [0.25, 0.3) is 0 Å². The van der Waals surface area contributed by atoms with Crippen LogP contribution in [0.15, 0.2) is 18.2 Å². The molecule has 0 heterocycles. The van der Waals surface area contributed by atoms with Gasteiger partial charge in [-0.2, -0.15) is 0 Å². The smallest absolute Gasteiger partial charge is 0.303 e. The third kappa shape index (κ3) is 2.93. The van der Waals surface area contributed by atoms with E-state index in [9.17, 15) is 9.59 Å². The van der Waals surface area contributed by atoms with Crippen molar-refractivity contribution in [3.63, 3.8) is 0 Å². The SMILES string of the molecule is CC(=O)OC(C)(C)C(=O)c1cccc(C)c1C. The summed E-state index contributed by atoms with van der Waals surface area (Å²) < 4.78 is 5.06. The van der Waals surface area contributed by atoms with Crippen molar-refractivity contribution in [2.75, 3.05) is 0 Å². The monoisotopic (exact) mass is 234 g/mol. The van der Waals surface area contributed by atoms with E-state index in [0.717, 1.165) is 11.1 Å². The largest absolute Gasteiger partial charge is 0.451 e. The first-order valence-corrected chi connectivity index (χ1v) is 5.56. The molecule has 1 rings (SSSR count). The van der Waals surface area contributed by atoms with Gasteiger partial charge >= 0.3 is 5.97 Å². The first-order valence-electron chi connectivity index (χ1n) is 5.56. The van der Waals surface area contributed by atoms with Crippen LogP contribution < -0.4 is 0 Å². The number of hydrogen-bond acceptors (Lipinski definition) is 3. The van der Waals surface area contributed by atoms with Crippen LogP contribution in [0.4, 0.5) is 0 Å². The second-order valence-electron chi connectivity index (χ2n) is 4.68. The summed E-state index contributed by atoms with van der Waals surface area (Å²) in [6.07, 6.45) is 0. The normalized spacial score (nSPS) is 11.1. The average Bonchev–Trinajstić information content (AvgIpc) is 2.19. The zero-order valence-corrected chi connectivity index (χ0v) is 11.0. The van der Waals surface area contributed by atoms with E-state index in [2.05, 4.69) is 0 Å². The van der Waals surface area contributed by atoms with Gasteiger partial charge in [0.05, 0.1) is 0 Å². The standard InChI is InChI=1S/C14H18O3/c1-9-7-6-8-12(10(9)2)13(16)14(4,5)17-11(3)15/h6-8H,1-5H3. The Balaban J connectivity index is 3.12. The number of esters is 1. The zero-order valence-electron chi connectivity index (χ0n) is 11.0. The lowest BCUT2D eigenvalue weighted by molar-refractivity contribution is -0.149. The van der Waals surface area contributed by atoms with E-state index in [-0.39, 0.29) is 5.78 Å². The lowest BCUT2D eigenvalue weighted by Crippen LogP contribution is -2.37. The van der Waals surface area contributed by atoms with Gasteiger partial charge in [-0.05, 0) is 38.8 Å². The Hall–Kier alpha value is -1.64. The lowest BCUT2D eigenvalue weighted by atomic mass is 9.91. The van der Waals surface area contributed by atoms with Crippen molar-refractivity contribution in [2.45, 2.75) is 40.2 Å². The van der Waals surface area contributed by atoms with Gasteiger partial charge in [0.2, 0.25) is 5.78 Å². The van der Waals surface area contributed by atoms with Crippen molar-refractivity contribution >= 4 is 11.8 Å². The van der Waals surface area contributed by atoms with Gasteiger partial charge in [0, 0.05) is 12.5 Å². The number of benzene rings is 1. The van der Waals surface area contributed by atoms with E-state index in [0.29, 0.717) is 5.56 Å². The topological polar surface area (TPSA) is 43.4 Å². The Morgan fingerprint density at radius 2 is 1.76 bits per heavy atom. The molecule has 3 heteroatoms. The molecule has 0 aliphatic carbocycles. The number of aryl methyl sites for hydroxylation is 1. The molecule has 0 radical (unpaired) electrons. The van der Waals surface area contributed by atoms with E-state index in [1.807, 2.05) is 26.0 Å². The first kappa shape index (κ1) is 13.4. The van der Waals surface area contributed by atoms with Crippen LogP contribution in [0.25, 0.3) is 0 Å². The molecular weight excluding hydrogens is 216 g/mol. The summed E-state index contributed by atoms with van der Waals surface area (Å²) in [5.41, 5.74) is 1.47. The van der Waals surface area contributed by atoms with Gasteiger partial charge in [0.1, 0.15) is 0 Å². The number of Topliss-reactive ketones (excluding diaryl/α,β-unsaturated/α-hetero) is 1. The maximum atomic E-state index is 12.3. The minimum atomic E-state index is -1.12.